The summed E-state index contributed by atoms with van der Waals surface area (Å²) in [5, 5.41) is 3.05. The van der Waals surface area contributed by atoms with Crippen molar-refractivity contribution in [2.24, 2.45) is 11.8 Å². The molecule has 2 rings (SSSR count). The minimum absolute atomic E-state index is 0.109. The van der Waals surface area contributed by atoms with Gasteiger partial charge in [0, 0.05) is 6.04 Å². The average Bonchev–Trinajstić information content (AvgIpc) is 2.70. The smallest absolute Gasteiger partial charge is 0.287 e. The van der Waals surface area contributed by atoms with Gasteiger partial charge < -0.3 is 9.73 Å². The van der Waals surface area contributed by atoms with E-state index in [0.29, 0.717) is 16.3 Å². The summed E-state index contributed by atoms with van der Waals surface area (Å²) in [6.45, 7) is 4.54. The molecule has 1 amide bonds. The number of rotatable bonds is 2. The Morgan fingerprint density at radius 2 is 2.12 bits per heavy atom. The standard InChI is InChI=1S/C13H18BrNO2/c1-8-3-4-10(7-9(8)2)15-13(16)11-5-6-12(14)17-11/h5-6,8-10H,3-4,7H2,1-2H3,(H,15,16). The number of carbonyl (C=O) groups excluding carboxylic acids is 1. The quantitative estimate of drug-likeness (QED) is 0.907. The van der Waals surface area contributed by atoms with E-state index >= 15 is 0 Å². The molecule has 1 aromatic rings. The molecule has 3 nitrogen and oxygen atoms in total. The van der Waals surface area contributed by atoms with Crippen molar-refractivity contribution in [3.05, 3.63) is 22.6 Å². The lowest BCUT2D eigenvalue weighted by atomic mass is 9.79. The molecule has 4 heteroatoms. The van der Waals surface area contributed by atoms with Crippen molar-refractivity contribution in [3.8, 4) is 0 Å². The number of amides is 1. The van der Waals surface area contributed by atoms with E-state index in [1.807, 2.05) is 0 Å². The van der Waals surface area contributed by atoms with Gasteiger partial charge in [0.15, 0.2) is 10.4 Å². The maximum atomic E-state index is 11.9. The van der Waals surface area contributed by atoms with Gasteiger partial charge in [-0.25, -0.2) is 0 Å². The summed E-state index contributed by atoms with van der Waals surface area (Å²) < 4.78 is 5.83. The summed E-state index contributed by atoms with van der Waals surface area (Å²) in [5.41, 5.74) is 0. The molecule has 1 aromatic heterocycles. The van der Waals surface area contributed by atoms with Crippen LogP contribution in [0.25, 0.3) is 0 Å². The van der Waals surface area contributed by atoms with Crippen LogP contribution < -0.4 is 5.32 Å². The Kier molecular flexibility index (Phi) is 3.92. The fraction of sp³-hybridized carbons (Fsp3) is 0.615. The summed E-state index contributed by atoms with van der Waals surface area (Å²) in [5.74, 6) is 1.71. The lowest BCUT2D eigenvalue weighted by Crippen LogP contribution is -2.39. The Morgan fingerprint density at radius 1 is 1.35 bits per heavy atom. The molecule has 0 bridgehead atoms. The van der Waals surface area contributed by atoms with Crippen LogP contribution in [0.15, 0.2) is 21.2 Å². The zero-order valence-electron chi connectivity index (χ0n) is 10.2. The van der Waals surface area contributed by atoms with Crippen LogP contribution in [0.2, 0.25) is 0 Å². The minimum Gasteiger partial charge on any atom is -0.444 e. The van der Waals surface area contributed by atoms with Crippen molar-refractivity contribution < 1.29 is 9.21 Å². The fourth-order valence-corrected chi connectivity index (χ4v) is 2.68. The van der Waals surface area contributed by atoms with Gasteiger partial charge in [0.1, 0.15) is 0 Å². The zero-order chi connectivity index (χ0) is 12.4. The second kappa shape index (κ2) is 5.25. The van der Waals surface area contributed by atoms with E-state index < -0.39 is 0 Å². The van der Waals surface area contributed by atoms with Gasteiger partial charge in [-0.15, -0.1) is 0 Å². The van der Waals surface area contributed by atoms with E-state index in [4.69, 9.17) is 4.42 Å². The molecular weight excluding hydrogens is 282 g/mol. The maximum Gasteiger partial charge on any atom is 0.287 e. The lowest BCUT2D eigenvalue weighted by molar-refractivity contribution is 0.0881. The summed E-state index contributed by atoms with van der Waals surface area (Å²) >= 11 is 3.20. The predicted octanol–water partition coefficient (Wildman–Crippen LogP) is 3.60. The minimum atomic E-state index is -0.109. The molecule has 0 aliphatic heterocycles. The van der Waals surface area contributed by atoms with Gasteiger partial charge in [0.2, 0.25) is 0 Å². The summed E-state index contributed by atoms with van der Waals surface area (Å²) in [7, 11) is 0. The van der Waals surface area contributed by atoms with Crippen molar-refractivity contribution in [3.63, 3.8) is 0 Å². The van der Waals surface area contributed by atoms with Crippen LogP contribution in [0.5, 0.6) is 0 Å². The second-order valence-corrected chi connectivity index (χ2v) is 5.82. The van der Waals surface area contributed by atoms with Gasteiger partial charge in [-0.1, -0.05) is 13.8 Å². The van der Waals surface area contributed by atoms with Crippen LogP contribution in [0.4, 0.5) is 0 Å². The van der Waals surface area contributed by atoms with Gasteiger partial charge in [0.25, 0.3) is 5.91 Å². The fourth-order valence-electron chi connectivity index (χ4n) is 2.37. The topological polar surface area (TPSA) is 42.2 Å². The monoisotopic (exact) mass is 299 g/mol. The third-order valence-electron chi connectivity index (χ3n) is 3.73. The third kappa shape index (κ3) is 3.12. The van der Waals surface area contributed by atoms with Gasteiger partial charge in [0.05, 0.1) is 0 Å². The molecule has 1 N–H and O–H groups in total. The first kappa shape index (κ1) is 12.7. The molecule has 0 saturated heterocycles. The van der Waals surface area contributed by atoms with Crippen LogP contribution in [-0.4, -0.2) is 11.9 Å². The van der Waals surface area contributed by atoms with E-state index in [-0.39, 0.29) is 11.9 Å². The maximum absolute atomic E-state index is 11.9. The Bertz CT molecular complexity index is 402. The first-order chi connectivity index (χ1) is 8.06. The third-order valence-corrected chi connectivity index (χ3v) is 4.16. The van der Waals surface area contributed by atoms with Gasteiger partial charge in [-0.05, 0) is 59.2 Å². The van der Waals surface area contributed by atoms with Gasteiger partial charge >= 0.3 is 0 Å². The molecule has 3 unspecified atom stereocenters. The molecule has 1 fully saturated rings. The van der Waals surface area contributed by atoms with E-state index in [1.54, 1.807) is 12.1 Å². The highest BCUT2D eigenvalue weighted by atomic mass is 79.9. The van der Waals surface area contributed by atoms with E-state index in [9.17, 15) is 4.79 Å². The number of hydrogen-bond donors (Lipinski definition) is 1. The van der Waals surface area contributed by atoms with Crippen LogP contribution in [-0.2, 0) is 0 Å². The zero-order valence-corrected chi connectivity index (χ0v) is 11.8. The molecule has 1 heterocycles. The molecule has 0 aromatic carbocycles. The SMILES string of the molecule is CC1CCC(NC(=O)c2ccc(Br)o2)CC1C. The average molecular weight is 300 g/mol. The first-order valence-corrected chi connectivity index (χ1v) is 6.91. The molecule has 94 valence electrons. The Labute approximate surface area is 110 Å². The summed E-state index contributed by atoms with van der Waals surface area (Å²) in [4.78, 5) is 11.9. The predicted molar refractivity (Wildman–Crippen MR) is 69.8 cm³/mol. The largest absolute Gasteiger partial charge is 0.444 e. The first-order valence-electron chi connectivity index (χ1n) is 6.12. The van der Waals surface area contributed by atoms with Crippen LogP contribution in [0.3, 0.4) is 0 Å². The molecule has 3 atom stereocenters. The molecule has 17 heavy (non-hydrogen) atoms. The molecule has 0 spiro atoms. The number of nitrogens with one attached hydrogen (secondary N) is 1. The van der Waals surface area contributed by atoms with E-state index in [2.05, 4.69) is 35.1 Å². The summed E-state index contributed by atoms with van der Waals surface area (Å²) in [6.07, 6.45) is 3.32. The van der Waals surface area contributed by atoms with Crippen molar-refractivity contribution in [1.29, 1.82) is 0 Å². The van der Waals surface area contributed by atoms with Crippen LogP contribution >= 0.6 is 15.9 Å². The number of hydrogen-bond acceptors (Lipinski definition) is 2. The number of carbonyl (C=O) groups is 1. The number of halogens is 1. The van der Waals surface area contributed by atoms with Crippen molar-refractivity contribution in [2.45, 2.75) is 39.2 Å². The highest BCUT2D eigenvalue weighted by Gasteiger charge is 2.26. The molecule has 1 saturated carbocycles. The van der Waals surface area contributed by atoms with Crippen molar-refractivity contribution in [1.82, 2.24) is 5.32 Å². The second-order valence-electron chi connectivity index (χ2n) is 5.04. The van der Waals surface area contributed by atoms with Gasteiger partial charge in [-0.2, -0.15) is 0 Å². The molecule has 1 aliphatic carbocycles. The highest BCUT2D eigenvalue weighted by Crippen LogP contribution is 2.29. The Hall–Kier alpha value is -0.770. The van der Waals surface area contributed by atoms with Gasteiger partial charge in [-0.3, -0.25) is 4.79 Å². The Morgan fingerprint density at radius 3 is 2.71 bits per heavy atom. The van der Waals surface area contributed by atoms with E-state index in [0.717, 1.165) is 18.8 Å². The van der Waals surface area contributed by atoms with Crippen molar-refractivity contribution >= 4 is 21.8 Å². The molecule has 1 aliphatic rings. The summed E-state index contributed by atoms with van der Waals surface area (Å²) in [6, 6.07) is 3.71. The van der Waals surface area contributed by atoms with Crippen molar-refractivity contribution in [2.75, 3.05) is 0 Å². The normalized spacial score (nSPS) is 29.0. The van der Waals surface area contributed by atoms with E-state index in [1.165, 1.54) is 6.42 Å². The lowest BCUT2D eigenvalue weighted by Gasteiger charge is -2.32. The highest BCUT2D eigenvalue weighted by molar-refractivity contribution is 9.10. The molecule has 0 radical (unpaired) electrons. The molecular formula is C13H18BrNO2. The van der Waals surface area contributed by atoms with Crippen LogP contribution in [0.1, 0.15) is 43.7 Å². The Balaban J connectivity index is 1.91. The number of furan rings is 1. The van der Waals surface area contributed by atoms with Crippen LogP contribution in [0, 0.1) is 11.8 Å².